The van der Waals surface area contributed by atoms with Gasteiger partial charge in [0.2, 0.25) is 0 Å². The molecule has 2 aromatic rings. The van der Waals surface area contributed by atoms with Crippen molar-refractivity contribution in [2.45, 2.75) is 38.8 Å². The van der Waals surface area contributed by atoms with Crippen LogP contribution in [0.2, 0.25) is 0 Å². The topological polar surface area (TPSA) is 29.9 Å². The normalized spacial score (nSPS) is 21.5. The average Bonchev–Trinajstić information content (AvgIpc) is 2.96. The highest BCUT2D eigenvalue weighted by Crippen LogP contribution is 2.34. The van der Waals surface area contributed by atoms with Gasteiger partial charge in [-0.05, 0) is 42.5 Å². The summed E-state index contributed by atoms with van der Waals surface area (Å²) in [6, 6.07) is 11.3. The zero-order valence-electron chi connectivity index (χ0n) is 11.4. The van der Waals surface area contributed by atoms with E-state index in [0.717, 1.165) is 24.2 Å². The van der Waals surface area contributed by atoms with E-state index >= 15 is 0 Å². The van der Waals surface area contributed by atoms with E-state index in [4.69, 9.17) is 0 Å². The first-order valence-corrected chi connectivity index (χ1v) is 7.19. The molecule has 3 rings (SSSR count). The zero-order chi connectivity index (χ0) is 13.1. The molecule has 3 nitrogen and oxygen atoms in total. The van der Waals surface area contributed by atoms with Crippen molar-refractivity contribution in [3.8, 4) is 5.69 Å². The molecule has 0 radical (unpaired) electrons. The SMILES string of the molecule is CCCC1CC1NCc1ccc(-n2cccn2)cc1. The second-order valence-electron chi connectivity index (χ2n) is 5.39. The van der Waals surface area contributed by atoms with Gasteiger partial charge in [-0.15, -0.1) is 0 Å². The van der Waals surface area contributed by atoms with Crippen molar-refractivity contribution in [1.82, 2.24) is 15.1 Å². The van der Waals surface area contributed by atoms with Crippen molar-refractivity contribution < 1.29 is 0 Å². The summed E-state index contributed by atoms with van der Waals surface area (Å²) >= 11 is 0. The quantitative estimate of drug-likeness (QED) is 0.859. The summed E-state index contributed by atoms with van der Waals surface area (Å²) in [5, 5.41) is 7.87. The van der Waals surface area contributed by atoms with E-state index in [1.807, 2.05) is 16.9 Å². The molecule has 2 atom stereocenters. The highest BCUT2D eigenvalue weighted by molar-refractivity contribution is 5.33. The fraction of sp³-hybridized carbons (Fsp3) is 0.438. The van der Waals surface area contributed by atoms with Crippen molar-refractivity contribution in [3.63, 3.8) is 0 Å². The van der Waals surface area contributed by atoms with E-state index in [9.17, 15) is 0 Å². The maximum Gasteiger partial charge on any atom is 0.0645 e. The predicted octanol–water partition coefficient (Wildman–Crippen LogP) is 3.15. The molecule has 0 amide bonds. The van der Waals surface area contributed by atoms with Crippen LogP contribution in [0.25, 0.3) is 5.69 Å². The smallest absolute Gasteiger partial charge is 0.0645 e. The largest absolute Gasteiger partial charge is 0.310 e. The Balaban J connectivity index is 1.52. The number of aromatic nitrogens is 2. The molecular weight excluding hydrogens is 234 g/mol. The maximum atomic E-state index is 4.23. The minimum absolute atomic E-state index is 0.755. The van der Waals surface area contributed by atoms with Crippen LogP contribution in [-0.4, -0.2) is 15.8 Å². The van der Waals surface area contributed by atoms with Gasteiger partial charge in [0.15, 0.2) is 0 Å². The molecule has 1 N–H and O–H groups in total. The molecule has 1 heterocycles. The lowest BCUT2D eigenvalue weighted by Gasteiger charge is -2.06. The van der Waals surface area contributed by atoms with Crippen LogP contribution < -0.4 is 5.32 Å². The van der Waals surface area contributed by atoms with Gasteiger partial charge in [-0.1, -0.05) is 25.5 Å². The second-order valence-corrected chi connectivity index (χ2v) is 5.39. The number of hydrogen-bond donors (Lipinski definition) is 1. The van der Waals surface area contributed by atoms with Crippen LogP contribution in [0, 0.1) is 5.92 Å². The third-order valence-electron chi connectivity index (χ3n) is 3.86. The van der Waals surface area contributed by atoms with E-state index in [1.54, 1.807) is 6.20 Å². The molecule has 1 aromatic carbocycles. The average molecular weight is 255 g/mol. The number of rotatable bonds is 6. The molecule has 0 saturated heterocycles. The fourth-order valence-corrected chi connectivity index (χ4v) is 2.62. The van der Waals surface area contributed by atoms with Crippen LogP contribution in [0.4, 0.5) is 0 Å². The summed E-state index contributed by atoms with van der Waals surface area (Å²) in [7, 11) is 0. The fourth-order valence-electron chi connectivity index (χ4n) is 2.62. The Morgan fingerprint density at radius 3 is 2.84 bits per heavy atom. The highest BCUT2D eigenvalue weighted by Gasteiger charge is 2.35. The zero-order valence-corrected chi connectivity index (χ0v) is 11.4. The van der Waals surface area contributed by atoms with Gasteiger partial charge in [-0.3, -0.25) is 0 Å². The minimum atomic E-state index is 0.755. The molecule has 3 heteroatoms. The van der Waals surface area contributed by atoms with Crippen molar-refractivity contribution in [2.24, 2.45) is 5.92 Å². The second kappa shape index (κ2) is 5.57. The molecule has 0 spiro atoms. The van der Waals surface area contributed by atoms with Crippen LogP contribution >= 0.6 is 0 Å². The molecule has 19 heavy (non-hydrogen) atoms. The summed E-state index contributed by atoms with van der Waals surface area (Å²) in [5.41, 5.74) is 2.46. The number of nitrogens with one attached hydrogen (secondary N) is 1. The van der Waals surface area contributed by atoms with E-state index in [0.29, 0.717) is 0 Å². The Labute approximate surface area is 114 Å². The summed E-state index contributed by atoms with van der Waals surface area (Å²) in [5.74, 6) is 0.924. The van der Waals surface area contributed by atoms with Gasteiger partial charge in [0, 0.05) is 25.0 Å². The van der Waals surface area contributed by atoms with Crippen LogP contribution in [-0.2, 0) is 6.54 Å². The van der Waals surface area contributed by atoms with Crippen LogP contribution in [0.5, 0.6) is 0 Å². The van der Waals surface area contributed by atoms with E-state index in [1.165, 1.54) is 24.8 Å². The number of hydrogen-bond acceptors (Lipinski definition) is 2. The Bertz CT molecular complexity index is 501. The van der Waals surface area contributed by atoms with Crippen molar-refractivity contribution in [3.05, 3.63) is 48.3 Å². The molecule has 1 aliphatic rings. The standard InChI is InChI=1S/C16H21N3/c1-2-4-14-11-16(14)17-12-13-5-7-15(8-6-13)19-10-3-9-18-19/h3,5-10,14,16-17H,2,4,11-12H2,1H3. The molecule has 100 valence electrons. The first kappa shape index (κ1) is 12.4. The lowest BCUT2D eigenvalue weighted by atomic mass is 10.2. The summed E-state index contributed by atoms with van der Waals surface area (Å²) < 4.78 is 1.88. The van der Waals surface area contributed by atoms with Gasteiger partial charge >= 0.3 is 0 Å². The number of benzene rings is 1. The molecule has 2 unspecified atom stereocenters. The monoisotopic (exact) mass is 255 g/mol. The molecule has 1 aromatic heterocycles. The van der Waals surface area contributed by atoms with Crippen molar-refractivity contribution in [2.75, 3.05) is 0 Å². The third-order valence-corrected chi connectivity index (χ3v) is 3.86. The van der Waals surface area contributed by atoms with E-state index < -0.39 is 0 Å². The van der Waals surface area contributed by atoms with E-state index in [-0.39, 0.29) is 0 Å². The third kappa shape index (κ3) is 3.04. The first-order valence-electron chi connectivity index (χ1n) is 7.19. The lowest BCUT2D eigenvalue weighted by Crippen LogP contribution is -2.17. The number of nitrogens with zero attached hydrogens (tertiary/aromatic N) is 2. The van der Waals surface area contributed by atoms with Gasteiger partial charge in [-0.2, -0.15) is 5.10 Å². The maximum absolute atomic E-state index is 4.23. The van der Waals surface area contributed by atoms with Crippen LogP contribution in [0.15, 0.2) is 42.7 Å². The minimum Gasteiger partial charge on any atom is -0.310 e. The Kier molecular flexibility index (Phi) is 3.65. The van der Waals surface area contributed by atoms with Gasteiger partial charge in [0.05, 0.1) is 5.69 Å². The Morgan fingerprint density at radius 2 is 2.16 bits per heavy atom. The summed E-state index contributed by atoms with van der Waals surface area (Å²) in [6.07, 6.45) is 7.81. The van der Waals surface area contributed by atoms with Gasteiger partial charge in [-0.25, -0.2) is 4.68 Å². The summed E-state index contributed by atoms with van der Waals surface area (Å²) in [4.78, 5) is 0. The van der Waals surface area contributed by atoms with Crippen molar-refractivity contribution in [1.29, 1.82) is 0 Å². The molecule has 1 fully saturated rings. The van der Waals surface area contributed by atoms with Crippen molar-refractivity contribution >= 4 is 0 Å². The Morgan fingerprint density at radius 1 is 1.32 bits per heavy atom. The molecule has 0 aliphatic heterocycles. The molecule has 0 bridgehead atoms. The molecule has 1 saturated carbocycles. The van der Waals surface area contributed by atoms with Crippen LogP contribution in [0.3, 0.4) is 0 Å². The lowest BCUT2D eigenvalue weighted by molar-refractivity contribution is 0.599. The van der Waals surface area contributed by atoms with Crippen LogP contribution in [0.1, 0.15) is 31.7 Å². The predicted molar refractivity (Wildman–Crippen MR) is 77.2 cm³/mol. The van der Waals surface area contributed by atoms with Gasteiger partial charge < -0.3 is 5.32 Å². The van der Waals surface area contributed by atoms with Gasteiger partial charge in [0.25, 0.3) is 0 Å². The van der Waals surface area contributed by atoms with Gasteiger partial charge in [0.1, 0.15) is 0 Å². The Hall–Kier alpha value is -1.61. The first-order chi connectivity index (χ1) is 9.36. The molecule has 1 aliphatic carbocycles. The van der Waals surface area contributed by atoms with E-state index in [2.05, 4.69) is 41.6 Å². The summed E-state index contributed by atoms with van der Waals surface area (Å²) in [6.45, 7) is 3.24. The highest BCUT2D eigenvalue weighted by atomic mass is 15.3. The molecular formula is C16H21N3.